The molecule has 1 aromatic rings. The monoisotopic (exact) mass is 232 g/mol. The maximum Gasteiger partial charge on any atom is 0.338 e. The van der Waals surface area contributed by atoms with Gasteiger partial charge in [0.25, 0.3) is 0 Å². The van der Waals surface area contributed by atoms with Crippen LogP contribution in [-0.4, -0.2) is 23.8 Å². The van der Waals surface area contributed by atoms with Crippen molar-refractivity contribution in [2.75, 3.05) is 6.61 Å². The molecule has 1 N–H and O–H groups in total. The normalized spacial score (nSPS) is 27.1. The molecule has 0 aliphatic heterocycles. The number of hydrogen-bond donors (Lipinski definition) is 1. The Morgan fingerprint density at radius 3 is 2.65 bits per heavy atom. The van der Waals surface area contributed by atoms with Gasteiger partial charge in [-0.2, -0.15) is 0 Å². The average Bonchev–Trinajstić information content (AvgIpc) is 2.71. The van der Waals surface area contributed by atoms with Gasteiger partial charge >= 0.3 is 5.97 Å². The summed E-state index contributed by atoms with van der Waals surface area (Å²) in [6.45, 7) is 1.99. The number of aliphatic hydroxyl groups is 1. The summed E-state index contributed by atoms with van der Waals surface area (Å²) >= 11 is 0. The van der Waals surface area contributed by atoms with Crippen LogP contribution in [0, 0.1) is 11.8 Å². The Hall–Kier alpha value is -1.61. The third-order valence-corrected chi connectivity index (χ3v) is 3.07. The highest BCUT2D eigenvalue weighted by molar-refractivity contribution is 5.89. The van der Waals surface area contributed by atoms with Crippen LogP contribution >= 0.6 is 0 Å². The molecule has 2 rings (SSSR count). The second kappa shape index (κ2) is 5.15. The molecule has 0 aromatic heterocycles. The minimum Gasteiger partial charge on any atom is -0.457 e. The number of carbonyl (C=O) groups is 1. The van der Waals surface area contributed by atoms with E-state index in [0.29, 0.717) is 5.56 Å². The average molecular weight is 232 g/mol. The van der Waals surface area contributed by atoms with Crippen LogP contribution in [-0.2, 0) is 4.74 Å². The van der Waals surface area contributed by atoms with Gasteiger partial charge in [0.05, 0.1) is 12.2 Å². The molecular formula is C14H16O3. The first kappa shape index (κ1) is 11.9. The Morgan fingerprint density at radius 1 is 1.29 bits per heavy atom. The van der Waals surface area contributed by atoms with Crippen molar-refractivity contribution in [3.05, 3.63) is 48.0 Å². The molecule has 17 heavy (non-hydrogen) atoms. The van der Waals surface area contributed by atoms with E-state index >= 15 is 0 Å². The molecule has 0 fully saturated rings. The Bertz CT molecular complexity index is 411. The number of aliphatic hydroxyl groups excluding tert-OH is 1. The number of ether oxygens (including phenoxy) is 1. The van der Waals surface area contributed by atoms with E-state index in [-0.39, 0.29) is 30.5 Å². The highest BCUT2D eigenvalue weighted by Crippen LogP contribution is 2.27. The summed E-state index contributed by atoms with van der Waals surface area (Å²) in [5.41, 5.74) is 0.545. The molecule has 1 aliphatic rings. The van der Waals surface area contributed by atoms with Crippen LogP contribution in [0.15, 0.2) is 42.5 Å². The van der Waals surface area contributed by atoms with Gasteiger partial charge in [0, 0.05) is 11.8 Å². The molecule has 0 amide bonds. The number of esters is 1. The summed E-state index contributed by atoms with van der Waals surface area (Å²) in [6, 6.07) is 8.91. The highest BCUT2D eigenvalue weighted by Gasteiger charge is 2.31. The Morgan fingerprint density at radius 2 is 2.00 bits per heavy atom. The van der Waals surface area contributed by atoms with Crippen molar-refractivity contribution >= 4 is 5.97 Å². The van der Waals surface area contributed by atoms with Gasteiger partial charge in [-0.3, -0.25) is 0 Å². The van der Waals surface area contributed by atoms with Crippen LogP contribution < -0.4 is 0 Å². The molecule has 1 unspecified atom stereocenters. The molecule has 3 atom stereocenters. The van der Waals surface area contributed by atoms with Crippen LogP contribution in [0.25, 0.3) is 0 Å². The van der Waals surface area contributed by atoms with Crippen LogP contribution in [0.1, 0.15) is 17.3 Å². The lowest BCUT2D eigenvalue weighted by atomic mass is 10.0. The van der Waals surface area contributed by atoms with Crippen molar-refractivity contribution in [3.8, 4) is 0 Å². The fourth-order valence-corrected chi connectivity index (χ4v) is 2.05. The molecule has 0 radical (unpaired) electrons. The van der Waals surface area contributed by atoms with E-state index in [1.54, 1.807) is 24.3 Å². The number of benzene rings is 1. The van der Waals surface area contributed by atoms with Crippen LogP contribution in [0.5, 0.6) is 0 Å². The van der Waals surface area contributed by atoms with E-state index in [1.807, 2.05) is 25.1 Å². The van der Waals surface area contributed by atoms with Gasteiger partial charge in [0.15, 0.2) is 0 Å². The third kappa shape index (κ3) is 2.56. The fraction of sp³-hybridized carbons (Fsp3) is 0.357. The molecule has 0 saturated carbocycles. The molecule has 3 heteroatoms. The lowest BCUT2D eigenvalue weighted by molar-refractivity contribution is 0.00563. The second-order valence-electron chi connectivity index (χ2n) is 4.33. The summed E-state index contributed by atoms with van der Waals surface area (Å²) in [4.78, 5) is 11.9. The fourth-order valence-electron chi connectivity index (χ4n) is 2.05. The van der Waals surface area contributed by atoms with E-state index in [1.165, 1.54) is 0 Å². The smallest absolute Gasteiger partial charge is 0.338 e. The van der Waals surface area contributed by atoms with Crippen molar-refractivity contribution in [3.63, 3.8) is 0 Å². The van der Waals surface area contributed by atoms with E-state index in [2.05, 4.69) is 0 Å². The maximum atomic E-state index is 11.9. The van der Waals surface area contributed by atoms with Gasteiger partial charge in [0.2, 0.25) is 0 Å². The molecule has 3 nitrogen and oxygen atoms in total. The quantitative estimate of drug-likeness (QED) is 0.640. The van der Waals surface area contributed by atoms with E-state index in [9.17, 15) is 9.90 Å². The highest BCUT2D eigenvalue weighted by atomic mass is 16.5. The Labute approximate surface area is 101 Å². The van der Waals surface area contributed by atoms with E-state index < -0.39 is 0 Å². The first-order valence-electron chi connectivity index (χ1n) is 5.77. The van der Waals surface area contributed by atoms with Crippen molar-refractivity contribution < 1.29 is 14.6 Å². The molecular weight excluding hydrogens is 216 g/mol. The number of hydrogen-bond acceptors (Lipinski definition) is 3. The topological polar surface area (TPSA) is 46.5 Å². The zero-order chi connectivity index (χ0) is 12.3. The predicted octanol–water partition coefficient (Wildman–Crippen LogP) is 2.03. The molecule has 1 aliphatic carbocycles. The first-order valence-corrected chi connectivity index (χ1v) is 5.77. The molecule has 0 spiro atoms. The summed E-state index contributed by atoms with van der Waals surface area (Å²) in [6.07, 6.45) is 3.63. The second-order valence-corrected chi connectivity index (χ2v) is 4.33. The third-order valence-electron chi connectivity index (χ3n) is 3.07. The van der Waals surface area contributed by atoms with Crippen molar-refractivity contribution in [2.24, 2.45) is 11.8 Å². The van der Waals surface area contributed by atoms with Crippen molar-refractivity contribution in [1.29, 1.82) is 0 Å². The summed E-state index contributed by atoms with van der Waals surface area (Å²) in [7, 11) is 0. The number of carbonyl (C=O) groups excluding carboxylic acids is 1. The number of rotatable bonds is 3. The van der Waals surface area contributed by atoms with Gasteiger partial charge in [-0.05, 0) is 12.1 Å². The minimum absolute atomic E-state index is 0.00752. The van der Waals surface area contributed by atoms with Gasteiger partial charge < -0.3 is 9.84 Å². The predicted molar refractivity (Wildman–Crippen MR) is 64.5 cm³/mol. The Kier molecular flexibility index (Phi) is 3.59. The zero-order valence-electron chi connectivity index (χ0n) is 9.74. The Balaban J connectivity index is 2.04. The SMILES string of the molecule is C[C@@H]1C=C[C@H](CO)C1OC(=O)c1ccccc1. The van der Waals surface area contributed by atoms with Gasteiger partial charge in [-0.25, -0.2) is 4.79 Å². The minimum atomic E-state index is -0.329. The summed E-state index contributed by atoms with van der Waals surface area (Å²) in [5, 5.41) is 9.20. The lowest BCUT2D eigenvalue weighted by Crippen LogP contribution is -2.29. The molecule has 0 heterocycles. The maximum absolute atomic E-state index is 11.9. The molecule has 0 saturated heterocycles. The van der Waals surface area contributed by atoms with Crippen LogP contribution in [0.4, 0.5) is 0 Å². The van der Waals surface area contributed by atoms with Gasteiger partial charge in [0.1, 0.15) is 6.10 Å². The first-order chi connectivity index (χ1) is 8.22. The molecule has 0 bridgehead atoms. The van der Waals surface area contributed by atoms with Crippen LogP contribution in [0.2, 0.25) is 0 Å². The largest absolute Gasteiger partial charge is 0.457 e. The van der Waals surface area contributed by atoms with Crippen molar-refractivity contribution in [2.45, 2.75) is 13.0 Å². The summed E-state index contributed by atoms with van der Waals surface area (Å²) < 4.78 is 5.45. The summed E-state index contributed by atoms with van der Waals surface area (Å²) in [5.74, 6) is -0.262. The molecule has 1 aromatic carbocycles. The molecule has 90 valence electrons. The van der Waals surface area contributed by atoms with E-state index in [0.717, 1.165) is 0 Å². The standard InChI is InChI=1S/C14H16O3/c1-10-7-8-12(9-15)13(10)17-14(16)11-5-3-2-4-6-11/h2-8,10,12-13,15H,9H2,1H3/t10-,12-,13?/m1/s1. The lowest BCUT2D eigenvalue weighted by Gasteiger charge is -2.22. The van der Waals surface area contributed by atoms with Crippen LogP contribution in [0.3, 0.4) is 0 Å². The van der Waals surface area contributed by atoms with Gasteiger partial charge in [-0.15, -0.1) is 0 Å². The zero-order valence-corrected chi connectivity index (χ0v) is 9.74. The van der Waals surface area contributed by atoms with Gasteiger partial charge in [-0.1, -0.05) is 37.3 Å². The van der Waals surface area contributed by atoms with E-state index in [4.69, 9.17) is 4.74 Å². The van der Waals surface area contributed by atoms with Crippen molar-refractivity contribution in [1.82, 2.24) is 0 Å².